The molecule has 4 heteroatoms. The summed E-state index contributed by atoms with van der Waals surface area (Å²) in [6.07, 6.45) is 0.325. The van der Waals surface area contributed by atoms with E-state index >= 15 is 0 Å². The van der Waals surface area contributed by atoms with E-state index in [-0.39, 0.29) is 5.97 Å². The third kappa shape index (κ3) is 3.92. The molecule has 0 saturated heterocycles. The molecule has 2 aromatic rings. The predicted molar refractivity (Wildman–Crippen MR) is 81.8 cm³/mol. The minimum absolute atomic E-state index is 0.203. The van der Waals surface area contributed by atoms with Gasteiger partial charge in [-0.1, -0.05) is 24.3 Å². The number of carbonyl (C=O) groups excluding carboxylic acids is 1. The molecule has 3 nitrogen and oxygen atoms in total. The summed E-state index contributed by atoms with van der Waals surface area (Å²) in [5.74, 6) is -0.203. The van der Waals surface area contributed by atoms with E-state index in [2.05, 4.69) is 23.0 Å². The lowest BCUT2D eigenvalue weighted by Crippen LogP contribution is -2.15. The van der Waals surface area contributed by atoms with Crippen LogP contribution in [0.4, 0.5) is 0 Å². The van der Waals surface area contributed by atoms with E-state index in [4.69, 9.17) is 4.74 Å². The Bertz CT molecular complexity index is 577. The number of esters is 1. The van der Waals surface area contributed by atoms with Crippen molar-refractivity contribution in [2.45, 2.75) is 26.4 Å². The molecule has 0 unspecified atom stereocenters. The van der Waals surface area contributed by atoms with E-state index in [1.54, 1.807) is 11.3 Å². The first-order valence-electron chi connectivity index (χ1n) is 6.56. The van der Waals surface area contributed by atoms with Crippen molar-refractivity contribution in [3.8, 4) is 0 Å². The van der Waals surface area contributed by atoms with Crippen LogP contribution in [0.1, 0.15) is 22.3 Å². The Hall–Kier alpha value is -1.65. The Morgan fingerprint density at radius 3 is 2.50 bits per heavy atom. The van der Waals surface area contributed by atoms with E-state index in [0.717, 1.165) is 24.2 Å². The molecule has 0 atom stereocenters. The van der Waals surface area contributed by atoms with Crippen molar-refractivity contribution in [1.82, 2.24) is 5.32 Å². The summed E-state index contributed by atoms with van der Waals surface area (Å²) in [6.45, 7) is 3.73. The molecule has 1 aromatic heterocycles. The minimum Gasteiger partial charge on any atom is -0.469 e. The molecular formula is C16H19NO2S. The SMILES string of the molecule is COC(=O)Cc1ccccc1CNCc1cscc1C. The van der Waals surface area contributed by atoms with E-state index in [0.29, 0.717) is 6.42 Å². The first-order chi connectivity index (χ1) is 9.70. The monoisotopic (exact) mass is 289 g/mol. The quantitative estimate of drug-likeness (QED) is 0.831. The second-order valence-corrected chi connectivity index (χ2v) is 5.45. The zero-order valence-corrected chi connectivity index (χ0v) is 12.6. The van der Waals surface area contributed by atoms with E-state index in [1.165, 1.54) is 18.2 Å². The highest BCUT2D eigenvalue weighted by atomic mass is 32.1. The maximum Gasteiger partial charge on any atom is 0.309 e. The summed E-state index contributed by atoms with van der Waals surface area (Å²) < 4.78 is 4.73. The smallest absolute Gasteiger partial charge is 0.309 e. The Balaban J connectivity index is 1.95. The largest absolute Gasteiger partial charge is 0.469 e. The molecule has 2 rings (SSSR count). The van der Waals surface area contributed by atoms with Crippen LogP contribution in [0.2, 0.25) is 0 Å². The van der Waals surface area contributed by atoms with Gasteiger partial charge < -0.3 is 10.1 Å². The number of rotatable bonds is 6. The van der Waals surface area contributed by atoms with Crippen LogP contribution in [-0.2, 0) is 29.0 Å². The molecule has 1 aromatic carbocycles. The van der Waals surface area contributed by atoms with Crippen molar-refractivity contribution in [2.75, 3.05) is 7.11 Å². The van der Waals surface area contributed by atoms with Crippen molar-refractivity contribution >= 4 is 17.3 Å². The number of ether oxygens (including phenoxy) is 1. The van der Waals surface area contributed by atoms with Gasteiger partial charge in [0.15, 0.2) is 0 Å². The van der Waals surface area contributed by atoms with Crippen LogP contribution in [0.5, 0.6) is 0 Å². The molecule has 0 spiro atoms. The molecule has 0 aliphatic rings. The molecule has 0 radical (unpaired) electrons. The van der Waals surface area contributed by atoms with Crippen LogP contribution >= 0.6 is 11.3 Å². The van der Waals surface area contributed by atoms with Crippen molar-refractivity contribution < 1.29 is 9.53 Å². The summed E-state index contributed by atoms with van der Waals surface area (Å²) in [5.41, 5.74) is 4.82. The molecule has 0 amide bonds. The van der Waals surface area contributed by atoms with Gasteiger partial charge in [0.1, 0.15) is 0 Å². The molecule has 20 heavy (non-hydrogen) atoms. The summed E-state index contributed by atoms with van der Waals surface area (Å²) in [4.78, 5) is 11.4. The Morgan fingerprint density at radius 2 is 1.85 bits per heavy atom. The lowest BCUT2D eigenvalue weighted by atomic mass is 10.0. The van der Waals surface area contributed by atoms with Gasteiger partial charge in [0, 0.05) is 13.1 Å². The highest BCUT2D eigenvalue weighted by molar-refractivity contribution is 7.08. The topological polar surface area (TPSA) is 38.3 Å². The number of nitrogens with one attached hydrogen (secondary N) is 1. The van der Waals surface area contributed by atoms with Gasteiger partial charge >= 0.3 is 5.97 Å². The van der Waals surface area contributed by atoms with E-state index in [1.807, 2.05) is 24.3 Å². The van der Waals surface area contributed by atoms with Crippen molar-refractivity contribution in [3.63, 3.8) is 0 Å². The van der Waals surface area contributed by atoms with Gasteiger partial charge in [-0.15, -0.1) is 0 Å². The van der Waals surface area contributed by atoms with Crippen LogP contribution < -0.4 is 5.32 Å². The van der Waals surface area contributed by atoms with Gasteiger partial charge in [-0.05, 0) is 39.9 Å². The van der Waals surface area contributed by atoms with Crippen molar-refractivity contribution in [1.29, 1.82) is 0 Å². The first-order valence-corrected chi connectivity index (χ1v) is 7.51. The second-order valence-electron chi connectivity index (χ2n) is 4.71. The number of thiophene rings is 1. The summed E-state index contributed by atoms with van der Waals surface area (Å²) >= 11 is 1.73. The van der Waals surface area contributed by atoms with Crippen LogP contribution in [0, 0.1) is 6.92 Å². The molecular weight excluding hydrogens is 270 g/mol. The number of carbonyl (C=O) groups is 1. The molecule has 0 bridgehead atoms. The lowest BCUT2D eigenvalue weighted by Gasteiger charge is -2.10. The Kier molecular flexibility index (Phi) is 5.32. The van der Waals surface area contributed by atoms with Gasteiger partial charge in [-0.25, -0.2) is 0 Å². The summed E-state index contributed by atoms with van der Waals surface area (Å²) in [5, 5.41) is 7.76. The van der Waals surface area contributed by atoms with Gasteiger partial charge in [0.05, 0.1) is 13.5 Å². The number of aryl methyl sites for hydroxylation is 1. The fraction of sp³-hybridized carbons (Fsp3) is 0.312. The third-order valence-corrected chi connectivity index (χ3v) is 4.18. The molecule has 1 heterocycles. The normalized spacial score (nSPS) is 10.5. The van der Waals surface area contributed by atoms with E-state index in [9.17, 15) is 4.79 Å². The first kappa shape index (κ1) is 14.8. The standard InChI is InChI=1S/C16H19NO2S/c1-12-10-20-11-15(12)9-17-8-14-6-4-3-5-13(14)7-16(18)19-2/h3-6,10-11,17H,7-9H2,1-2H3. The number of hydrogen-bond donors (Lipinski definition) is 1. The molecule has 0 saturated carbocycles. The number of hydrogen-bond acceptors (Lipinski definition) is 4. The van der Waals surface area contributed by atoms with Gasteiger partial charge in [-0.3, -0.25) is 4.79 Å². The van der Waals surface area contributed by atoms with Crippen molar-refractivity contribution in [2.24, 2.45) is 0 Å². The number of benzene rings is 1. The number of methoxy groups -OCH3 is 1. The van der Waals surface area contributed by atoms with Crippen LogP contribution in [0.15, 0.2) is 35.0 Å². The average Bonchev–Trinajstić information content (AvgIpc) is 2.86. The van der Waals surface area contributed by atoms with Crippen LogP contribution in [-0.4, -0.2) is 13.1 Å². The molecule has 0 aliphatic heterocycles. The summed E-state index contributed by atoms with van der Waals surface area (Å²) in [7, 11) is 1.42. The Labute approximate surface area is 123 Å². The fourth-order valence-corrected chi connectivity index (χ4v) is 2.89. The highest BCUT2D eigenvalue weighted by Gasteiger charge is 2.07. The fourth-order valence-electron chi connectivity index (χ4n) is 2.03. The highest BCUT2D eigenvalue weighted by Crippen LogP contribution is 2.14. The average molecular weight is 289 g/mol. The third-order valence-electron chi connectivity index (χ3n) is 3.27. The molecule has 1 N–H and O–H groups in total. The van der Waals surface area contributed by atoms with Crippen molar-refractivity contribution in [3.05, 3.63) is 57.3 Å². The second kappa shape index (κ2) is 7.22. The Morgan fingerprint density at radius 1 is 1.15 bits per heavy atom. The maximum absolute atomic E-state index is 11.4. The summed E-state index contributed by atoms with van der Waals surface area (Å²) in [6, 6.07) is 7.97. The molecule has 0 fully saturated rings. The maximum atomic E-state index is 11.4. The lowest BCUT2D eigenvalue weighted by molar-refractivity contribution is -0.139. The van der Waals surface area contributed by atoms with Crippen LogP contribution in [0.25, 0.3) is 0 Å². The minimum atomic E-state index is -0.203. The van der Waals surface area contributed by atoms with Gasteiger partial charge in [0.25, 0.3) is 0 Å². The van der Waals surface area contributed by atoms with E-state index < -0.39 is 0 Å². The predicted octanol–water partition coefficient (Wildman–Crippen LogP) is 3.06. The zero-order chi connectivity index (χ0) is 14.4. The molecule has 0 aliphatic carbocycles. The van der Waals surface area contributed by atoms with Gasteiger partial charge in [-0.2, -0.15) is 11.3 Å². The van der Waals surface area contributed by atoms with Gasteiger partial charge in [0.2, 0.25) is 0 Å². The van der Waals surface area contributed by atoms with Crippen LogP contribution in [0.3, 0.4) is 0 Å². The molecule has 106 valence electrons. The zero-order valence-electron chi connectivity index (χ0n) is 11.8.